The van der Waals surface area contributed by atoms with Crippen LogP contribution in [0.1, 0.15) is 49.7 Å². The largest absolute Gasteiger partial charge is 0.416 e. The van der Waals surface area contributed by atoms with Crippen molar-refractivity contribution in [1.82, 2.24) is 10.1 Å². The molecule has 0 amide bonds. The predicted molar refractivity (Wildman–Crippen MR) is 70.5 cm³/mol. The van der Waals surface area contributed by atoms with Gasteiger partial charge in [0.15, 0.2) is 5.82 Å². The van der Waals surface area contributed by atoms with E-state index in [1.165, 1.54) is 12.1 Å². The minimum atomic E-state index is -4.37. The van der Waals surface area contributed by atoms with Crippen molar-refractivity contribution in [3.8, 4) is 0 Å². The van der Waals surface area contributed by atoms with Gasteiger partial charge < -0.3 is 10.3 Å². The van der Waals surface area contributed by atoms with Crippen LogP contribution >= 0.6 is 0 Å². The zero-order valence-electron chi connectivity index (χ0n) is 11.9. The second kappa shape index (κ2) is 5.14. The predicted octanol–water partition coefficient (Wildman–Crippen LogP) is 3.43. The molecule has 1 aromatic heterocycles. The van der Waals surface area contributed by atoms with Crippen molar-refractivity contribution in [3.63, 3.8) is 0 Å². The Morgan fingerprint density at radius 3 is 2.10 bits per heavy atom. The molecule has 1 atom stereocenters. The van der Waals surface area contributed by atoms with Gasteiger partial charge in [-0.25, -0.2) is 0 Å². The number of aromatic nitrogens is 2. The fourth-order valence-corrected chi connectivity index (χ4v) is 1.69. The lowest BCUT2D eigenvalue weighted by Crippen LogP contribution is -2.16. The fraction of sp³-hybridized carbons (Fsp3) is 0.429. The molecule has 114 valence electrons. The summed E-state index contributed by atoms with van der Waals surface area (Å²) in [6, 6.07) is 3.88. The first-order valence-corrected chi connectivity index (χ1v) is 6.36. The smallest absolute Gasteiger partial charge is 0.339 e. The van der Waals surface area contributed by atoms with Gasteiger partial charge in [-0.05, 0) is 17.7 Å². The molecule has 7 heteroatoms. The SMILES string of the molecule is CC(C)(C)c1nc(C(N)c2ccc(C(F)(F)F)cc2)no1. The monoisotopic (exact) mass is 299 g/mol. The van der Waals surface area contributed by atoms with Crippen LogP contribution in [0.25, 0.3) is 0 Å². The van der Waals surface area contributed by atoms with Crippen LogP contribution in [-0.2, 0) is 11.6 Å². The molecule has 4 nitrogen and oxygen atoms in total. The highest BCUT2D eigenvalue weighted by Crippen LogP contribution is 2.30. The molecule has 21 heavy (non-hydrogen) atoms. The molecule has 0 aliphatic carbocycles. The van der Waals surface area contributed by atoms with Gasteiger partial charge in [-0.15, -0.1) is 0 Å². The number of nitrogens with zero attached hydrogens (tertiary/aromatic N) is 2. The molecule has 0 spiro atoms. The maximum absolute atomic E-state index is 12.5. The van der Waals surface area contributed by atoms with Gasteiger partial charge in [0.1, 0.15) is 0 Å². The molecule has 1 aromatic carbocycles. The van der Waals surface area contributed by atoms with E-state index >= 15 is 0 Å². The lowest BCUT2D eigenvalue weighted by molar-refractivity contribution is -0.137. The molecule has 2 aromatic rings. The lowest BCUT2D eigenvalue weighted by atomic mass is 9.97. The summed E-state index contributed by atoms with van der Waals surface area (Å²) in [5.41, 5.74) is 5.42. The Hall–Kier alpha value is -1.89. The van der Waals surface area contributed by atoms with Crippen LogP contribution in [0.3, 0.4) is 0 Å². The Labute approximate surface area is 120 Å². The number of hydrogen-bond donors (Lipinski definition) is 1. The molecule has 0 radical (unpaired) electrons. The van der Waals surface area contributed by atoms with E-state index in [4.69, 9.17) is 10.3 Å². The Morgan fingerprint density at radius 1 is 1.10 bits per heavy atom. The standard InChI is InChI=1S/C14H16F3N3O/c1-13(2,3)12-19-11(20-21-12)10(18)8-4-6-9(7-5-8)14(15,16)17/h4-7,10H,18H2,1-3H3. The molecule has 1 heterocycles. The van der Waals surface area contributed by atoms with E-state index in [2.05, 4.69) is 10.1 Å². The average Bonchev–Trinajstić information content (AvgIpc) is 2.86. The normalized spacial score (nSPS) is 14.2. The van der Waals surface area contributed by atoms with Gasteiger partial charge in [0.2, 0.25) is 5.89 Å². The highest BCUT2D eigenvalue weighted by Gasteiger charge is 2.30. The van der Waals surface area contributed by atoms with E-state index in [1.54, 1.807) is 0 Å². The van der Waals surface area contributed by atoms with Gasteiger partial charge in [-0.3, -0.25) is 0 Å². The summed E-state index contributed by atoms with van der Waals surface area (Å²) in [6.45, 7) is 5.73. The Bertz CT molecular complexity index is 612. The van der Waals surface area contributed by atoms with Gasteiger partial charge in [-0.1, -0.05) is 38.1 Å². The number of hydrogen-bond acceptors (Lipinski definition) is 4. The lowest BCUT2D eigenvalue weighted by Gasteiger charge is -2.12. The Morgan fingerprint density at radius 2 is 1.67 bits per heavy atom. The van der Waals surface area contributed by atoms with Crippen LogP contribution < -0.4 is 5.73 Å². The highest BCUT2D eigenvalue weighted by atomic mass is 19.4. The van der Waals surface area contributed by atoms with Crippen LogP contribution in [0, 0.1) is 0 Å². The van der Waals surface area contributed by atoms with Crippen LogP contribution in [0.15, 0.2) is 28.8 Å². The van der Waals surface area contributed by atoms with Crippen molar-refractivity contribution in [2.24, 2.45) is 5.73 Å². The number of nitrogens with two attached hydrogens (primary N) is 1. The van der Waals surface area contributed by atoms with E-state index < -0.39 is 17.8 Å². The second-order valence-electron chi connectivity index (χ2n) is 5.81. The first-order valence-electron chi connectivity index (χ1n) is 6.36. The number of rotatable bonds is 2. The summed E-state index contributed by atoms with van der Waals surface area (Å²) >= 11 is 0. The first-order chi connectivity index (χ1) is 9.59. The van der Waals surface area contributed by atoms with E-state index in [9.17, 15) is 13.2 Å². The van der Waals surface area contributed by atoms with Crippen molar-refractivity contribution < 1.29 is 17.7 Å². The first kappa shape index (κ1) is 15.5. The summed E-state index contributed by atoms with van der Waals surface area (Å²) in [5.74, 6) is 0.680. The summed E-state index contributed by atoms with van der Waals surface area (Å²) < 4.78 is 42.7. The van der Waals surface area contributed by atoms with Crippen LogP contribution in [0.5, 0.6) is 0 Å². The van der Waals surface area contributed by atoms with Crippen LogP contribution in [-0.4, -0.2) is 10.1 Å². The summed E-state index contributed by atoms with van der Waals surface area (Å²) in [6.07, 6.45) is -4.37. The van der Waals surface area contributed by atoms with Gasteiger partial charge in [0, 0.05) is 5.41 Å². The summed E-state index contributed by atoms with van der Waals surface area (Å²) in [7, 11) is 0. The molecule has 0 aliphatic heterocycles. The van der Waals surface area contributed by atoms with E-state index in [1.807, 2.05) is 20.8 Å². The van der Waals surface area contributed by atoms with Gasteiger partial charge in [-0.2, -0.15) is 18.2 Å². The van der Waals surface area contributed by atoms with Gasteiger partial charge in [0.25, 0.3) is 0 Å². The molecule has 0 saturated carbocycles. The topological polar surface area (TPSA) is 64.9 Å². The van der Waals surface area contributed by atoms with Crippen molar-refractivity contribution >= 4 is 0 Å². The molecule has 2 rings (SSSR count). The second-order valence-corrected chi connectivity index (χ2v) is 5.81. The zero-order valence-corrected chi connectivity index (χ0v) is 11.9. The maximum Gasteiger partial charge on any atom is 0.416 e. The molecule has 2 N–H and O–H groups in total. The quantitative estimate of drug-likeness (QED) is 0.922. The third kappa shape index (κ3) is 3.41. The molecule has 0 bridgehead atoms. The van der Waals surface area contributed by atoms with Crippen molar-refractivity contribution in [1.29, 1.82) is 0 Å². The average molecular weight is 299 g/mol. The van der Waals surface area contributed by atoms with E-state index in [0.717, 1.165) is 12.1 Å². The summed E-state index contributed by atoms with van der Waals surface area (Å²) in [5, 5.41) is 3.80. The van der Waals surface area contributed by atoms with E-state index in [-0.39, 0.29) is 11.2 Å². The van der Waals surface area contributed by atoms with Crippen molar-refractivity contribution in [2.75, 3.05) is 0 Å². The number of alkyl halides is 3. The van der Waals surface area contributed by atoms with Crippen LogP contribution in [0.4, 0.5) is 13.2 Å². The zero-order chi connectivity index (χ0) is 15.8. The van der Waals surface area contributed by atoms with Gasteiger partial charge >= 0.3 is 6.18 Å². The Kier molecular flexibility index (Phi) is 3.79. The minimum absolute atomic E-state index is 0.250. The molecule has 0 fully saturated rings. The fourth-order valence-electron chi connectivity index (χ4n) is 1.69. The molecule has 1 unspecified atom stereocenters. The maximum atomic E-state index is 12.5. The highest BCUT2D eigenvalue weighted by molar-refractivity contribution is 5.29. The van der Waals surface area contributed by atoms with Gasteiger partial charge in [0.05, 0.1) is 11.6 Å². The van der Waals surface area contributed by atoms with E-state index in [0.29, 0.717) is 11.5 Å². The summed E-state index contributed by atoms with van der Waals surface area (Å²) in [4.78, 5) is 4.20. The molecule has 0 aliphatic rings. The van der Waals surface area contributed by atoms with Crippen LogP contribution in [0.2, 0.25) is 0 Å². The van der Waals surface area contributed by atoms with Crippen molar-refractivity contribution in [2.45, 2.75) is 38.4 Å². The Balaban J connectivity index is 2.24. The molecular formula is C14H16F3N3O. The molecule has 0 saturated heterocycles. The third-order valence-electron chi connectivity index (χ3n) is 2.96. The minimum Gasteiger partial charge on any atom is -0.339 e. The van der Waals surface area contributed by atoms with Crippen molar-refractivity contribution in [3.05, 3.63) is 47.1 Å². The number of benzene rings is 1. The molecular weight excluding hydrogens is 283 g/mol. The number of halogens is 3. The third-order valence-corrected chi connectivity index (χ3v) is 2.96.